The third kappa shape index (κ3) is 4.19. The summed E-state index contributed by atoms with van der Waals surface area (Å²) in [4.78, 5) is 39.4. The van der Waals surface area contributed by atoms with E-state index in [0.717, 1.165) is 18.2 Å². The molecule has 10 heteroatoms. The van der Waals surface area contributed by atoms with Crippen molar-refractivity contribution >= 4 is 29.2 Å². The molecule has 0 unspecified atom stereocenters. The fourth-order valence-corrected chi connectivity index (χ4v) is 4.58. The molecule has 0 saturated carbocycles. The van der Waals surface area contributed by atoms with Crippen molar-refractivity contribution in [3.8, 4) is 0 Å². The topological polar surface area (TPSA) is 113 Å². The first-order valence-corrected chi connectivity index (χ1v) is 10.6. The van der Waals surface area contributed by atoms with E-state index in [1.165, 1.54) is 17.0 Å². The summed E-state index contributed by atoms with van der Waals surface area (Å²) in [6, 6.07) is 12.3. The molecule has 9 nitrogen and oxygen atoms in total. The normalized spacial score (nSPS) is 20.4. The molecule has 0 bridgehead atoms. The molecule has 0 aliphatic carbocycles. The van der Waals surface area contributed by atoms with Crippen LogP contribution in [0.1, 0.15) is 28.8 Å². The number of ether oxygens (including phenoxy) is 1. The van der Waals surface area contributed by atoms with Gasteiger partial charge >= 0.3 is 5.97 Å². The zero-order valence-electron chi connectivity index (χ0n) is 17.1. The number of carboxylic acids is 1. The summed E-state index contributed by atoms with van der Waals surface area (Å²) >= 11 is 6.18. The lowest BCUT2D eigenvalue weighted by Crippen LogP contribution is -2.58. The van der Waals surface area contributed by atoms with Crippen LogP contribution in [0.15, 0.2) is 48.5 Å². The summed E-state index contributed by atoms with van der Waals surface area (Å²) in [5.74, 6) is -1.87. The number of nitro benzene ring substituents is 1. The number of rotatable bonds is 5. The number of likely N-dealkylation sites (tertiary alicyclic amines) is 1. The zero-order chi connectivity index (χ0) is 22.9. The van der Waals surface area contributed by atoms with Gasteiger partial charge in [-0.25, -0.2) is 4.79 Å². The number of carboxylic acid groups (broad SMARTS) is 1. The lowest BCUT2D eigenvalue weighted by atomic mass is 9.96. The molecule has 2 aliphatic rings. The molecule has 168 valence electrons. The van der Waals surface area contributed by atoms with Gasteiger partial charge in [-0.15, -0.1) is 0 Å². The molecule has 1 N–H and O–H groups in total. The van der Waals surface area contributed by atoms with Crippen LogP contribution in [-0.4, -0.2) is 63.2 Å². The first-order valence-electron chi connectivity index (χ1n) is 10.2. The predicted molar refractivity (Wildman–Crippen MR) is 115 cm³/mol. The molecule has 2 fully saturated rings. The summed E-state index contributed by atoms with van der Waals surface area (Å²) in [7, 11) is 0. The van der Waals surface area contributed by atoms with Gasteiger partial charge < -0.3 is 9.84 Å². The molecule has 2 aromatic rings. The number of non-ortho nitro benzene ring substituents is 1. The minimum absolute atomic E-state index is 0.0216. The Hall–Kier alpha value is -3.01. The van der Waals surface area contributed by atoms with Gasteiger partial charge in [0.1, 0.15) is 5.72 Å². The molecule has 0 aromatic heterocycles. The molecule has 1 spiro atoms. The van der Waals surface area contributed by atoms with Gasteiger partial charge in [-0.2, -0.15) is 0 Å². The van der Waals surface area contributed by atoms with Gasteiger partial charge in [0, 0.05) is 44.6 Å². The van der Waals surface area contributed by atoms with E-state index >= 15 is 0 Å². The molecule has 32 heavy (non-hydrogen) atoms. The van der Waals surface area contributed by atoms with Crippen LogP contribution in [0.5, 0.6) is 0 Å². The van der Waals surface area contributed by atoms with E-state index in [-0.39, 0.29) is 22.9 Å². The number of nitrogens with zero attached hydrogens (tertiary/aromatic N) is 3. The van der Waals surface area contributed by atoms with Crippen LogP contribution in [0.2, 0.25) is 5.02 Å². The Morgan fingerprint density at radius 3 is 2.50 bits per heavy atom. The van der Waals surface area contributed by atoms with E-state index in [4.69, 9.17) is 16.3 Å². The van der Waals surface area contributed by atoms with Crippen molar-refractivity contribution in [2.24, 2.45) is 0 Å². The lowest BCUT2D eigenvalue weighted by molar-refractivity contribution is -0.384. The van der Waals surface area contributed by atoms with Crippen molar-refractivity contribution in [2.75, 3.05) is 19.7 Å². The van der Waals surface area contributed by atoms with Crippen molar-refractivity contribution < 1.29 is 24.4 Å². The van der Waals surface area contributed by atoms with Crippen LogP contribution in [0.3, 0.4) is 0 Å². The summed E-state index contributed by atoms with van der Waals surface area (Å²) in [6.45, 7) is 1.80. The number of hydrogen-bond acceptors (Lipinski definition) is 6. The number of carbonyl (C=O) groups is 2. The van der Waals surface area contributed by atoms with Gasteiger partial charge in [-0.05, 0) is 11.6 Å². The fourth-order valence-electron chi connectivity index (χ4n) is 4.38. The largest absolute Gasteiger partial charge is 0.480 e. The third-order valence-electron chi connectivity index (χ3n) is 6.04. The van der Waals surface area contributed by atoms with Crippen molar-refractivity contribution in [3.63, 3.8) is 0 Å². The number of benzene rings is 2. The van der Waals surface area contributed by atoms with Crippen LogP contribution < -0.4 is 0 Å². The van der Waals surface area contributed by atoms with Gasteiger partial charge in [0.2, 0.25) is 0 Å². The quantitative estimate of drug-likeness (QED) is 0.539. The highest BCUT2D eigenvalue weighted by atomic mass is 35.5. The zero-order valence-corrected chi connectivity index (χ0v) is 17.9. The van der Waals surface area contributed by atoms with E-state index in [2.05, 4.69) is 4.90 Å². The maximum absolute atomic E-state index is 13.5. The fraction of sp³-hybridized carbons (Fsp3) is 0.364. The average molecular weight is 460 g/mol. The number of amides is 1. The average Bonchev–Trinajstić information content (AvgIpc) is 3.15. The maximum atomic E-state index is 13.5. The standard InChI is InChI=1S/C22H22ClN3O6/c23-18-7-6-16(26(30)31)12-17(18)20(27)25-19(21(28)29)14-32-22(25)8-10-24(11-9-22)13-15-4-2-1-3-5-15/h1-7,12,19H,8-11,13-14H2,(H,28,29)/t19-/m1/s1. The maximum Gasteiger partial charge on any atom is 0.328 e. The molecule has 2 heterocycles. The second-order valence-electron chi connectivity index (χ2n) is 7.97. The Morgan fingerprint density at radius 1 is 1.19 bits per heavy atom. The Bertz CT molecular complexity index is 1040. The number of nitro groups is 1. The summed E-state index contributed by atoms with van der Waals surface area (Å²) in [5.41, 5.74) is -0.336. The Morgan fingerprint density at radius 2 is 1.88 bits per heavy atom. The van der Waals surface area contributed by atoms with Crippen LogP contribution in [0, 0.1) is 10.1 Å². The van der Waals surface area contributed by atoms with E-state index < -0.39 is 28.6 Å². The molecule has 4 rings (SSSR count). The van der Waals surface area contributed by atoms with Crippen LogP contribution in [0.4, 0.5) is 5.69 Å². The first kappa shape index (κ1) is 22.2. The van der Waals surface area contributed by atoms with Gasteiger partial charge in [-0.3, -0.25) is 24.7 Å². The molecule has 0 radical (unpaired) electrons. The van der Waals surface area contributed by atoms with Crippen molar-refractivity contribution in [2.45, 2.75) is 31.2 Å². The van der Waals surface area contributed by atoms with Gasteiger partial charge in [0.25, 0.3) is 11.6 Å². The predicted octanol–water partition coefficient (Wildman–Crippen LogP) is 3.17. The minimum Gasteiger partial charge on any atom is -0.480 e. The van der Waals surface area contributed by atoms with Crippen LogP contribution in [-0.2, 0) is 16.1 Å². The molecule has 1 atom stereocenters. The third-order valence-corrected chi connectivity index (χ3v) is 6.37. The van der Waals surface area contributed by atoms with Crippen molar-refractivity contribution in [3.05, 3.63) is 74.8 Å². The summed E-state index contributed by atoms with van der Waals surface area (Å²) in [5, 5.41) is 20.9. The molecule has 2 aliphatic heterocycles. The number of hydrogen-bond donors (Lipinski definition) is 1. The monoisotopic (exact) mass is 459 g/mol. The second kappa shape index (κ2) is 8.85. The van der Waals surface area contributed by atoms with Crippen molar-refractivity contribution in [1.29, 1.82) is 0 Å². The Balaban J connectivity index is 1.59. The summed E-state index contributed by atoms with van der Waals surface area (Å²) < 4.78 is 5.95. The van der Waals surface area contributed by atoms with Crippen LogP contribution in [0.25, 0.3) is 0 Å². The van der Waals surface area contributed by atoms with E-state index in [1.54, 1.807) is 0 Å². The number of piperidine rings is 1. The molecule has 1 amide bonds. The first-order chi connectivity index (χ1) is 15.3. The molecule has 2 aromatic carbocycles. The van der Waals surface area contributed by atoms with Gasteiger partial charge in [0.15, 0.2) is 6.04 Å². The number of carbonyl (C=O) groups excluding carboxylic acids is 1. The number of aliphatic carboxylic acids is 1. The van der Waals surface area contributed by atoms with E-state index in [1.807, 2.05) is 30.3 Å². The van der Waals surface area contributed by atoms with Crippen molar-refractivity contribution in [1.82, 2.24) is 9.80 Å². The highest BCUT2D eigenvalue weighted by molar-refractivity contribution is 6.34. The molecular formula is C22H22ClN3O6. The van der Waals surface area contributed by atoms with E-state index in [9.17, 15) is 24.8 Å². The second-order valence-corrected chi connectivity index (χ2v) is 8.38. The number of halogens is 1. The van der Waals surface area contributed by atoms with Crippen LogP contribution >= 0.6 is 11.6 Å². The minimum atomic E-state index is -1.20. The summed E-state index contributed by atoms with van der Waals surface area (Å²) in [6.07, 6.45) is 0.837. The SMILES string of the molecule is O=C(O)[C@H]1COC2(CCN(Cc3ccccc3)CC2)N1C(=O)c1cc([N+](=O)[O-])ccc1Cl. The Labute approximate surface area is 189 Å². The van der Waals surface area contributed by atoms with E-state index in [0.29, 0.717) is 25.9 Å². The van der Waals surface area contributed by atoms with Gasteiger partial charge in [-0.1, -0.05) is 41.9 Å². The highest BCUT2D eigenvalue weighted by Gasteiger charge is 2.54. The molecular weight excluding hydrogens is 438 g/mol. The lowest BCUT2D eigenvalue weighted by Gasteiger charge is -2.44. The molecule has 2 saturated heterocycles. The smallest absolute Gasteiger partial charge is 0.328 e. The van der Waals surface area contributed by atoms with Gasteiger partial charge in [0.05, 0.1) is 22.1 Å². The Kier molecular flexibility index (Phi) is 6.14. The highest BCUT2D eigenvalue weighted by Crippen LogP contribution is 2.39.